The van der Waals surface area contributed by atoms with E-state index in [-0.39, 0.29) is 33.5 Å². The van der Waals surface area contributed by atoms with Crippen LogP contribution in [0.4, 0.5) is 25.7 Å². The molecule has 15 heteroatoms. The lowest BCUT2D eigenvalue weighted by atomic mass is 10.2. The second-order valence-electron chi connectivity index (χ2n) is 7.85. The lowest BCUT2D eigenvalue weighted by molar-refractivity contribution is 0.262. The summed E-state index contributed by atoms with van der Waals surface area (Å²) in [5.41, 5.74) is 0.509. The van der Waals surface area contributed by atoms with Crippen molar-refractivity contribution in [3.8, 4) is 28.7 Å². The number of urea groups is 1. The molecule has 0 saturated carbocycles. The van der Waals surface area contributed by atoms with Crippen LogP contribution in [-0.2, 0) is 10.0 Å². The van der Waals surface area contributed by atoms with Crippen LogP contribution >= 0.6 is 11.3 Å². The molecule has 3 heterocycles. The third-order valence-electron chi connectivity index (χ3n) is 5.23. The molecule has 12 nitrogen and oxygen atoms in total. The fourth-order valence-corrected chi connectivity index (χ4v) is 4.93. The average Bonchev–Trinajstić information content (AvgIpc) is 3.66. The number of anilines is 3. The number of nitrogens with zero attached hydrogens (tertiary/aromatic N) is 3. The van der Waals surface area contributed by atoms with Crippen LogP contribution in [0.2, 0.25) is 0 Å². The van der Waals surface area contributed by atoms with Gasteiger partial charge in [-0.1, -0.05) is 6.07 Å². The maximum atomic E-state index is 14.6. The molecule has 0 spiro atoms. The Kier molecular flexibility index (Phi) is 7.56. The van der Waals surface area contributed by atoms with Crippen LogP contribution < -0.4 is 24.8 Å². The van der Waals surface area contributed by atoms with Gasteiger partial charge in [0, 0.05) is 17.8 Å². The lowest BCUT2D eigenvalue weighted by Crippen LogP contribution is -2.20. The van der Waals surface area contributed by atoms with Gasteiger partial charge in [-0.3, -0.25) is 15.0 Å². The number of hydrogen-bond acceptors (Lipinski definition) is 10. The van der Waals surface area contributed by atoms with Gasteiger partial charge >= 0.3 is 6.03 Å². The first-order valence-corrected chi connectivity index (χ1v) is 13.7. The number of ether oxygens (including phenoxy) is 2. The van der Waals surface area contributed by atoms with Gasteiger partial charge in [-0.25, -0.2) is 27.6 Å². The molecule has 0 atom stereocenters. The summed E-state index contributed by atoms with van der Waals surface area (Å²) in [6, 6.07) is 10.4. The van der Waals surface area contributed by atoms with Crippen molar-refractivity contribution in [3.05, 3.63) is 84.7 Å². The van der Waals surface area contributed by atoms with E-state index < -0.39 is 21.9 Å². The number of thiazole rings is 1. The number of aromatic nitrogens is 3. The number of amides is 2. The van der Waals surface area contributed by atoms with Crippen LogP contribution in [0.25, 0.3) is 11.5 Å². The first kappa shape index (κ1) is 26.6. The Hall–Kier alpha value is -5.02. The Morgan fingerprint density at radius 3 is 2.62 bits per heavy atom. The number of methoxy groups -OCH3 is 1. The monoisotopic (exact) mass is 582 g/mol. The Balaban J connectivity index is 1.43. The van der Waals surface area contributed by atoms with Crippen molar-refractivity contribution in [2.45, 2.75) is 4.90 Å². The molecule has 0 fully saturated rings. The van der Waals surface area contributed by atoms with E-state index in [0.29, 0.717) is 16.6 Å². The summed E-state index contributed by atoms with van der Waals surface area (Å²) in [4.78, 5) is 24.4. The van der Waals surface area contributed by atoms with Gasteiger partial charge in [0.15, 0.2) is 34.6 Å². The van der Waals surface area contributed by atoms with E-state index in [9.17, 15) is 17.6 Å². The molecule has 0 aliphatic heterocycles. The number of carbonyl (C=O) groups excluding carboxylic acids is 1. The van der Waals surface area contributed by atoms with Crippen LogP contribution in [-0.4, -0.2) is 36.5 Å². The van der Waals surface area contributed by atoms with Crippen molar-refractivity contribution in [1.82, 2.24) is 15.0 Å². The van der Waals surface area contributed by atoms with Gasteiger partial charge in [0.25, 0.3) is 10.0 Å². The number of benzene rings is 2. The number of sulfonamides is 1. The fraction of sp³-hybridized carbons (Fsp3) is 0.0400. The summed E-state index contributed by atoms with van der Waals surface area (Å²) in [6.45, 7) is 0. The minimum Gasteiger partial charge on any atom is -0.493 e. The molecule has 3 aromatic heterocycles. The lowest BCUT2D eigenvalue weighted by Gasteiger charge is -2.16. The number of oxazole rings is 1. The van der Waals surface area contributed by atoms with Crippen LogP contribution in [0.3, 0.4) is 0 Å². The highest BCUT2D eigenvalue weighted by atomic mass is 32.2. The first-order chi connectivity index (χ1) is 19.3. The second kappa shape index (κ2) is 11.4. The van der Waals surface area contributed by atoms with Crippen molar-refractivity contribution in [2.75, 3.05) is 22.5 Å². The summed E-state index contributed by atoms with van der Waals surface area (Å²) in [6.07, 6.45) is 5.38. The zero-order valence-electron chi connectivity index (χ0n) is 20.5. The Morgan fingerprint density at radius 2 is 1.93 bits per heavy atom. The SMILES string of the molecule is COc1cccc(F)c1Oc1ccc(NS(=O)(=O)c2ccc(-c3cnco3)nc2)cc1NC(=O)Nc1nccs1. The number of pyridine rings is 1. The predicted octanol–water partition coefficient (Wildman–Crippen LogP) is 5.58. The number of hydrogen-bond donors (Lipinski definition) is 3. The number of carbonyl (C=O) groups is 1. The number of nitrogens with one attached hydrogen (secondary N) is 3. The minimum absolute atomic E-state index is 0.0127. The van der Waals surface area contributed by atoms with Gasteiger partial charge in [-0.05, 0) is 42.5 Å². The molecule has 5 rings (SSSR count). The van der Waals surface area contributed by atoms with E-state index in [4.69, 9.17) is 13.9 Å². The third kappa shape index (κ3) is 6.00. The van der Waals surface area contributed by atoms with Crippen LogP contribution in [0.5, 0.6) is 17.2 Å². The molecule has 0 aliphatic rings. The molecule has 0 saturated heterocycles. The molecule has 0 unspecified atom stereocenters. The Morgan fingerprint density at radius 1 is 1.05 bits per heavy atom. The number of para-hydroxylation sites is 1. The van der Waals surface area contributed by atoms with Crippen molar-refractivity contribution in [3.63, 3.8) is 0 Å². The van der Waals surface area contributed by atoms with Gasteiger partial charge in [0.05, 0.1) is 24.7 Å². The maximum absolute atomic E-state index is 14.6. The second-order valence-corrected chi connectivity index (χ2v) is 10.4. The zero-order chi connectivity index (χ0) is 28.1. The van der Waals surface area contributed by atoms with E-state index in [1.807, 2.05) is 0 Å². The van der Waals surface area contributed by atoms with Gasteiger partial charge in [0.1, 0.15) is 10.6 Å². The maximum Gasteiger partial charge on any atom is 0.325 e. The summed E-state index contributed by atoms with van der Waals surface area (Å²) in [5, 5.41) is 7.13. The molecule has 0 aliphatic carbocycles. The Bertz CT molecular complexity index is 1730. The molecule has 2 aromatic carbocycles. The van der Waals surface area contributed by atoms with Crippen LogP contribution in [0.1, 0.15) is 0 Å². The van der Waals surface area contributed by atoms with Crippen molar-refractivity contribution in [2.24, 2.45) is 0 Å². The standard InChI is InChI=1S/C25H19FN6O6S2/c1-36-21-4-2-3-17(26)23(21)38-20-8-5-15(11-19(20)30-24(33)31-25-28-9-10-39-25)32-40(34,35)16-6-7-18(29-12-16)22-13-27-14-37-22/h2-14,32H,1H3,(H2,28,30,31,33). The molecule has 0 radical (unpaired) electrons. The van der Waals surface area contributed by atoms with E-state index in [0.717, 1.165) is 0 Å². The van der Waals surface area contributed by atoms with E-state index >= 15 is 0 Å². The smallest absolute Gasteiger partial charge is 0.325 e. The molecule has 3 N–H and O–H groups in total. The van der Waals surface area contributed by atoms with Crippen molar-refractivity contribution >= 4 is 43.9 Å². The minimum atomic E-state index is -4.09. The number of halogens is 1. The van der Waals surface area contributed by atoms with Crippen molar-refractivity contribution < 1.29 is 31.5 Å². The predicted molar refractivity (Wildman–Crippen MR) is 145 cm³/mol. The topological polar surface area (TPSA) is 158 Å². The average molecular weight is 583 g/mol. The Labute approximate surface area is 230 Å². The van der Waals surface area contributed by atoms with Gasteiger partial charge in [0.2, 0.25) is 5.75 Å². The molecule has 40 heavy (non-hydrogen) atoms. The molecular formula is C25H19FN6O6S2. The third-order valence-corrected chi connectivity index (χ3v) is 7.28. The molecule has 0 bridgehead atoms. The summed E-state index contributed by atoms with van der Waals surface area (Å²) in [7, 11) is -2.74. The van der Waals surface area contributed by atoms with E-state index in [1.54, 1.807) is 5.38 Å². The highest BCUT2D eigenvalue weighted by molar-refractivity contribution is 7.92. The molecule has 204 valence electrons. The first-order valence-electron chi connectivity index (χ1n) is 11.3. The van der Waals surface area contributed by atoms with E-state index in [2.05, 4.69) is 30.3 Å². The highest BCUT2D eigenvalue weighted by Crippen LogP contribution is 2.38. The molecule has 2 amide bonds. The summed E-state index contributed by atoms with van der Waals surface area (Å²) in [5.74, 6) is -0.420. The fourth-order valence-electron chi connectivity index (χ4n) is 3.42. The highest BCUT2D eigenvalue weighted by Gasteiger charge is 2.20. The quantitative estimate of drug-likeness (QED) is 0.202. The van der Waals surface area contributed by atoms with Crippen LogP contribution in [0.15, 0.2) is 88.2 Å². The van der Waals surface area contributed by atoms with Crippen molar-refractivity contribution in [1.29, 1.82) is 0 Å². The van der Waals surface area contributed by atoms with Gasteiger partial charge in [-0.15, -0.1) is 11.3 Å². The normalized spacial score (nSPS) is 11.1. The molecule has 5 aromatic rings. The zero-order valence-corrected chi connectivity index (χ0v) is 22.1. The summed E-state index contributed by atoms with van der Waals surface area (Å²) < 4.78 is 59.2. The van der Waals surface area contributed by atoms with E-state index in [1.165, 1.54) is 92.0 Å². The van der Waals surface area contributed by atoms with Crippen LogP contribution in [0, 0.1) is 5.82 Å². The largest absolute Gasteiger partial charge is 0.493 e. The van der Waals surface area contributed by atoms with Gasteiger partial charge in [-0.2, -0.15) is 0 Å². The summed E-state index contributed by atoms with van der Waals surface area (Å²) >= 11 is 1.20. The van der Waals surface area contributed by atoms with Gasteiger partial charge < -0.3 is 19.2 Å². The molecular weight excluding hydrogens is 563 g/mol. The number of rotatable bonds is 9.